The zero-order chi connectivity index (χ0) is 20.9. The molecule has 9 nitrogen and oxygen atoms in total. The summed E-state index contributed by atoms with van der Waals surface area (Å²) in [6.07, 6.45) is 0. The fourth-order valence-electron chi connectivity index (χ4n) is 3.45. The van der Waals surface area contributed by atoms with E-state index in [-0.39, 0.29) is 16.4 Å². The minimum atomic E-state index is -3.72. The number of benzene rings is 1. The van der Waals surface area contributed by atoms with Crippen LogP contribution in [0.4, 0.5) is 0 Å². The number of piperazine rings is 1. The van der Waals surface area contributed by atoms with Gasteiger partial charge in [-0.3, -0.25) is 9.69 Å². The highest BCUT2D eigenvalue weighted by Crippen LogP contribution is 2.24. The molecule has 1 aromatic carbocycles. The summed E-state index contributed by atoms with van der Waals surface area (Å²) < 4.78 is 38.7. The van der Waals surface area contributed by atoms with E-state index in [1.165, 1.54) is 25.3 Å². The Morgan fingerprint density at radius 3 is 2.48 bits per heavy atom. The van der Waals surface area contributed by atoms with E-state index in [9.17, 15) is 13.2 Å². The molecular weight excluding hydrogens is 396 g/mol. The van der Waals surface area contributed by atoms with Gasteiger partial charge in [0.25, 0.3) is 5.91 Å². The quantitative estimate of drug-likeness (QED) is 0.640. The number of nitrogens with zero attached hydrogens (tertiary/aromatic N) is 3. The summed E-state index contributed by atoms with van der Waals surface area (Å²) in [4.78, 5) is 19.1. The largest absolute Gasteiger partial charge is 0.496 e. The van der Waals surface area contributed by atoms with Crippen LogP contribution in [0.2, 0.25) is 0 Å². The zero-order valence-corrected chi connectivity index (χ0v) is 17.9. The lowest BCUT2D eigenvalue weighted by molar-refractivity contribution is 0.0300. The van der Waals surface area contributed by atoms with Gasteiger partial charge in [0.1, 0.15) is 5.75 Å². The molecule has 162 valence electrons. The SMILES string of the molecule is COc1ccc(S(=O)(=O)NCCN2CCN(C)CC2)cc1C(=O)N1CCOCC1. The lowest BCUT2D eigenvalue weighted by atomic mass is 10.1. The molecule has 2 aliphatic rings. The second kappa shape index (κ2) is 9.86. The van der Waals surface area contributed by atoms with Crippen LogP contribution in [0.3, 0.4) is 0 Å². The molecule has 3 rings (SSSR count). The van der Waals surface area contributed by atoms with Crippen molar-refractivity contribution in [3.05, 3.63) is 23.8 Å². The van der Waals surface area contributed by atoms with E-state index in [4.69, 9.17) is 9.47 Å². The van der Waals surface area contributed by atoms with Crippen molar-refractivity contribution in [2.45, 2.75) is 4.90 Å². The predicted octanol–water partition coefficient (Wildman–Crippen LogP) is -0.307. The number of carbonyl (C=O) groups is 1. The molecule has 2 aliphatic heterocycles. The van der Waals surface area contributed by atoms with Gasteiger partial charge in [-0.2, -0.15) is 0 Å². The van der Waals surface area contributed by atoms with Gasteiger partial charge in [-0.05, 0) is 25.2 Å². The lowest BCUT2D eigenvalue weighted by Crippen LogP contribution is -2.46. The first-order valence-corrected chi connectivity index (χ1v) is 11.3. The Kier molecular flexibility index (Phi) is 7.47. The Hall–Kier alpha value is -1.72. The fraction of sp³-hybridized carbons (Fsp3) is 0.632. The van der Waals surface area contributed by atoms with Gasteiger partial charge in [-0.1, -0.05) is 0 Å². The van der Waals surface area contributed by atoms with Crippen LogP contribution in [0.15, 0.2) is 23.1 Å². The highest BCUT2D eigenvalue weighted by molar-refractivity contribution is 7.89. The van der Waals surface area contributed by atoms with Crippen molar-refractivity contribution in [1.29, 1.82) is 0 Å². The van der Waals surface area contributed by atoms with E-state index in [2.05, 4.69) is 21.6 Å². The Bertz CT molecular complexity index is 803. The molecule has 2 saturated heterocycles. The van der Waals surface area contributed by atoms with E-state index in [0.29, 0.717) is 45.1 Å². The van der Waals surface area contributed by atoms with Crippen LogP contribution < -0.4 is 9.46 Å². The fourth-order valence-corrected chi connectivity index (χ4v) is 4.50. The maximum absolute atomic E-state index is 12.9. The van der Waals surface area contributed by atoms with Gasteiger partial charge in [-0.25, -0.2) is 13.1 Å². The van der Waals surface area contributed by atoms with Gasteiger partial charge in [0, 0.05) is 52.4 Å². The maximum Gasteiger partial charge on any atom is 0.257 e. The molecule has 0 unspecified atom stereocenters. The summed E-state index contributed by atoms with van der Waals surface area (Å²) in [6, 6.07) is 4.39. The number of hydrogen-bond acceptors (Lipinski definition) is 7. The van der Waals surface area contributed by atoms with Crippen LogP contribution in [0.1, 0.15) is 10.4 Å². The lowest BCUT2D eigenvalue weighted by Gasteiger charge is -2.32. The Morgan fingerprint density at radius 2 is 1.83 bits per heavy atom. The highest BCUT2D eigenvalue weighted by Gasteiger charge is 2.25. The number of likely N-dealkylation sites (N-methyl/N-ethyl adjacent to an activating group) is 1. The van der Waals surface area contributed by atoms with E-state index >= 15 is 0 Å². The summed E-state index contributed by atoms with van der Waals surface area (Å²) in [5, 5.41) is 0. The van der Waals surface area contributed by atoms with Gasteiger partial charge in [0.2, 0.25) is 10.0 Å². The molecule has 1 aromatic rings. The molecule has 29 heavy (non-hydrogen) atoms. The maximum atomic E-state index is 12.9. The second-order valence-corrected chi connectivity index (χ2v) is 9.08. The molecule has 0 radical (unpaired) electrons. The Balaban J connectivity index is 1.67. The van der Waals surface area contributed by atoms with E-state index < -0.39 is 10.0 Å². The van der Waals surface area contributed by atoms with E-state index in [0.717, 1.165) is 26.2 Å². The molecule has 0 spiro atoms. The van der Waals surface area contributed by atoms with Crippen molar-refractivity contribution >= 4 is 15.9 Å². The average molecular weight is 427 g/mol. The number of ether oxygens (including phenoxy) is 2. The third-order valence-corrected chi connectivity index (χ3v) is 6.78. The third kappa shape index (κ3) is 5.67. The molecule has 0 bridgehead atoms. The van der Waals surface area contributed by atoms with E-state index in [1.54, 1.807) is 4.90 Å². The minimum absolute atomic E-state index is 0.0632. The molecule has 1 N–H and O–H groups in total. The molecule has 0 aliphatic carbocycles. The molecule has 1 amide bonds. The third-order valence-electron chi connectivity index (χ3n) is 5.33. The number of sulfonamides is 1. The van der Waals surface area contributed by atoms with Crippen molar-refractivity contribution in [1.82, 2.24) is 19.4 Å². The van der Waals surface area contributed by atoms with Crippen molar-refractivity contribution in [3.8, 4) is 5.75 Å². The molecule has 10 heteroatoms. The summed E-state index contributed by atoms with van der Waals surface area (Å²) in [7, 11) is -0.173. The number of methoxy groups -OCH3 is 1. The van der Waals surface area contributed by atoms with Gasteiger partial charge in [-0.15, -0.1) is 0 Å². The summed E-state index contributed by atoms with van der Waals surface area (Å²) in [5.41, 5.74) is 0.247. The second-order valence-electron chi connectivity index (χ2n) is 7.31. The number of carbonyl (C=O) groups excluding carboxylic acids is 1. The topological polar surface area (TPSA) is 91.4 Å². The number of amides is 1. The number of rotatable bonds is 7. The number of nitrogens with one attached hydrogen (secondary N) is 1. The van der Waals surface area contributed by atoms with Crippen LogP contribution >= 0.6 is 0 Å². The normalized spacial score (nSPS) is 19.3. The first-order valence-electron chi connectivity index (χ1n) is 9.86. The molecular formula is C19H30N4O5S. The molecule has 2 fully saturated rings. The minimum Gasteiger partial charge on any atom is -0.496 e. The monoisotopic (exact) mass is 426 g/mol. The van der Waals surface area contributed by atoms with Crippen LogP contribution in [0.25, 0.3) is 0 Å². The van der Waals surface area contributed by atoms with Crippen molar-refractivity contribution in [2.75, 3.05) is 79.7 Å². The highest BCUT2D eigenvalue weighted by atomic mass is 32.2. The van der Waals surface area contributed by atoms with Crippen molar-refractivity contribution in [3.63, 3.8) is 0 Å². The predicted molar refractivity (Wildman–Crippen MR) is 109 cm³/mol. The van der Waals surface area contributed by atoms with Crippen molar-refractivity contribution < 1.29 is 22.7 Å². The summed E-state index contributed by atoms with van der Waals surface area (Å²) in [5.74, 6) is 0.109. The standard InChI is InChI=1S/C19H30N4O5S/c1-21-7-9-22(10-8-21)6-5-20-29(25,26)16-3-4-18(27-2)17(15-16)19(24)23-11-13-28-14-12-23/h3-4,15,20H,5-14H2,1-2H3. The zero-order valence-electron chi connectivity index (χ0n) is 17.1. The molecule has 0 aromatic heterocycles. The summed E-state index contributed by atoms with van der Waals surface area (Å²) >= 11 is 0. The van der Waals surface area contributed by atoms with Crippen LogP contribution in [0.5, 0.6) is 5.75 Å². The van der Waals surface area contributed by atoms with Crippen LogP contribution in [0, 0.1) is 0 Å². The van der Waals surface area contributed by atoms with E-state index in [1.807, 2.05) is 0 Å². The van der Waals surface area contributed by atoms with Gasteiger partial charge >= 0.3 is 0 Å². The smallest absolute Gasteiger partial charge is 0.257 e. The average Bonchev–Trinajstić information content (AvgIpc) is 2.74. The van der Waals surface area contributed by atoms with Crippen LogP contribution in [-0.2, 0) is 14.8 Å². The van der Waals surface area contributed by atoms with Crippen molar-refractivity contribution in [2.24, 2.45) is 0 Å². The molecule has 0 saturated carbocycles. The Morgan fingerprint density at radius 1 is 1.14 bits per heavy atom. The van der Waals surface area contributed by atoms with Gasteiger partial charge < -0.3 is 19.3 Å². The van der Waals surface area contributed by atoms with Gasteiger partial charge in [0.05, 0.1) is 30.8 Å². The first kappa shape index (κ1) is 22.0. The molecule has 2 heterocycles. The van der Waals surface area contributed by atoms with Gasteiger partial charge in [0.15, 0.2) is 0 Å². The number of morpholine rings is 1. The first-order chi connectivity index (χ1) is 13.9. The Labute approximate surface area is 172 Å². The molecule has 0 atom stereocenters. The van der Waals surface area contributed by atoms with Crippen LogP contribution in [-0.4, -0.2) is 109 Å². The summed E-state index contributed by atoms with van der Waals surface area (Å²) in [6.45, 7) is 6.70. The number of hydrogen-bond donors (Lipinski definition) is 1.